The molecule has 2 aromatic carbocycles. The van der Waals surface area contributed by atoms with Gasteiger partial charge in [0.15, 0.2) is 0 Å². The Kier molecular flexibility index (Phi) is 4.13. The predicted molar refractivity (Wildman–Crippen MR) is 100 cm³/mol. The highest BCUT2D eigenvalue weighted by Gasteiger charge is 2.25. The van der Waals surface area contributed by atoms with Crippen molar-refractivity contribution in [2.75, 3.05) is 6.54 Å². The Morgan fingerprint density at radius 3 is 2.54 bits per heavy atom. The van der Waals surface area contributed by atoms with E-state index in [0.29, 0.717) is 35.1 Å². The van der Waals surface area contributed by atoms with Crippen molar-refractivity contribution in [3.05, 3.63) is 68.8 Å². The number of nitrogens with zero attached hydrogens (tertiary/aromatic N) is 1. The van der Waals surface area contributed by atoms with Crippen molar-refractivity contribution in [2.24, 2.45) is 0 Å². The van der Waals surface area contributed by atoms with Gasteiger partial charge in [-0.1, -0.05) is 23.2 Å². The highest BCUT2D eigenvalue weighted by molar-refractivity contribution is 6.42. The van der Waals surface area contributed by atoms with Crippen LogP contribution in [-0.2, 0) is 13.0 Å². The molecular formula is C19H14Cl2N2O3. The Balaban J connectivity index is 1.69. The monoisotopic (exact) mass is 388 g/mol. The number of aromatic nitrogens is 1. The molecule has 0 saturated carbocycles. The lowest BCUT2D eigenvalue weighted by molar-refractivity contribution is 0.0694. The zero-order valence-electron chi connectivity index (χ0n) is 13.6. The number of hydrogen-bond donors (Lipinski definition) is 2. The Morgan fingerprint density at radius 1 is 1.04 bits per heavy atom. The Hall–Kier alpha value is -2.50. The number of H-pyrrole nitrogens is 1. The number of halogens is 2. The van der Waals surface area contributed by atoms with E-state index in [0.717, 1.165) is 22.2 Å². The second-order valence-corrected chi connectivity index (χ2v) is 7.07. The number of carboxylic acid groups (broad SMARTS) is 1. The first-order valence-corrected chi connectivity index (χ1v) is 8.80. The van der Waals surface area contributed by atoms with Gasteiger partial charge in [0, 0.05) is 47.2 Å². The number of carbonyl (C=O) groups excluding carboxylic acids is 1. The predicted octanol–water partition coefficient (Wildman–Crippen LogP) is 4.37. The van der Waals surface area contributed by atoms with Crippen LogP contribution in [0.1, 0.15) is 32.0 Å². The second kappa shape index (κ2) is 6.34. The van der Waals surface area contributed by atoms with E-state index in [-0.39, 0.29) is 11.5 Å². The first-order chi connectivity index (χ1) is 12.4. The van der Waals surface area contributed by atoms with Gasteiger partial charge in [0.25, 0.3) is 5.91 Å². The second-order valence-electron chi connectivity index (χ2n) is 6.25. The van der Waals surface area contributed by atoms with Crippen molar-refractivity contribution in [3.8, 4) is 0 Å². The molecule has 2 heterocycles. The molecule has 0 radical (unpaired) electrons. The van der Waals surface area contributed by atoms with Crippen LogP contribution in [0.3, 0.4) is 0 Å². The molecule has 0 bridgehead atoms. The van der Waals surface area contributed by atoms with E-state index in [2.05, 4.69) is 4.98 Å². The first-order valence-electron chi connectivity index (χ1n) is 8.05. The molecule has 0 spiro atoms. The zero-order valence-corrected chi connectivity index (χ0v) is 15.1. The van der Waals surface area contributed by atoms with Gasteiger partial charge in [0.05, 0.1) is 15.6 Å². The smallest absolute Gasteiger partial charge is 0.335 e. The molecule has 132 valence electrons. The van der Waals surface area contributed by atoms with Crippen LogP contribution in [0.4, 0.5) is 0 Å². The van der Waals surface area contributed by atoms with Crippen molar-refractivity contribution in [3.63, 3.8) is 0 Å². The molecule has 1 aliphatic heterocycles. The number of carbonyl (C=O) groups is 2. The minimum atomic E-state index is -0.971. The van der Waals surface area contributed by atoms with Crippen molar-refractivity contribution in [1.82, 2.24) is 9.88 Å². The lowest BCUT2D eigenvalue weighted by atomic mass is 10.0. The van der Waals surface area contributed by atoms with E-state index in [1.807, 2.05) is 0 Å². The molecule has 1 amide bonds. The molecule has 0 atom stereocenters. The number of aromatic carboxylic acids is 1. The average molecular weight is 389 g/mol. The van der Waals surface area contributed by atoms with E-state index >= 15 is 0 Å². The average Bonchev–Trinajstić information content (AvgIpc) is 3.00. The maximum Gasteiger partial charge on any atom is 0.335 e. The molecule has 2 N–H and O–H groups in total. The van der Waals surface area contributed by atoms with E-state index in [1.165, 1.54) is 0 Å². The molecule has 5 nitrogen and oxygen atoms in total. The maximum absolute atomic E-state index is 12.8. The van der Waals surface area contributed by atoms with Gasteiger partial charge in [-0.3, -0.25) is 4.79 Å². The van der Waals surface area contributed by atoms with Gasteiger partial charge in [-0.2, -0.15) is 0 Å². The van der Waals surface area contributed by atoms with Crippen molar-refractivity contribution in [1.29, 1.82) is 0 Å². The number of aromatic amines is 1. The molecule has 1 aromatic heterocycles. The molecule has 1 aliphatic rings. The van der Waals surface area contributed by atoms with Gasteiger partial charge in [0.1, 0.15) is 0 Å². The molecule has 0 aliphatic carbocycles. The Bertz CT molecular complexity index is 1060. The minimum absolute atomic E-state index is 0.127. The number of rotatable bonds is 2. The number of fused-ring (bicyclic) bond motifs is 3. The van der Waals surface area contributed by atoms with E-state index < -0.39 is 5.97 Å². The number of benzene rings is 2. The van der Waals surface area contributed by atoms with Crippen LogP contribution < -0.4 is 0 Å². The van der Waals surface area contributed by atoms with Crippen LogP contribution in [0.15, 0.2) is 36.4 Å². The number of nitrogens with one attached hydrogen (secondary N) is 1. The SMILES string of the molecule is O=C(O)c1ccc2[nH]c3c(c2c1)CN(C(=O)c1ccc(Cl)c(Cl)c1)CC3. The molecule has 0 unspecified atom stereocenters. The maximum atomic E-state index is 12.8. The van der Waals surface area contributed by atoms with E-state index in [1.54, 1.807) is 41.3 Å². The van der Waals surface area contributed by atoms with Gasteiger partial charge >= 0.3 is 5.97 Å². The third-order valence-corrected chi connectivity index (χ3v) is 5.41. The molecule has 3 aromatic rings. The third-order valence-electron chi connectivity index (χ3n) is 4.68. The van der Waals surface area contributed by atoms with Crippen LogP contribution in [0, 0.1) is 0 Å². The lowest BCUT2D eigenvalue weighted by Gasteiger charge is -2.27. The summed E-state index contributed by atoms with van der Waals surface area (Å²) < 4.78 is 0. The van der Waals surface area contributed by atoms with Crippen LogP contribution >= 0.6 is 23.2 Å². The molecule has 4 rings (SSSR count). The van der Waals surface area contributed by atoms with E-state index in [9.17, 15) is 14.7 Å². The van der Waals surface area contributed by atoms with Gasteiger partial charge in [-0.15, -0.1) is 0 Å². The standard InChI is InChI=1S/C19H14Cl2N2O3/c20-14-3-1-10(8-15(14)21)18(24)23-6-5-17-13(9-23)12-7-11(19(25)26)2-4-16(12)22-17/h1-4,7-8,22H,5-6,9H2,(H,25,26). The summed E-state index contributed by atoms with van der Waals surface area (Å²) in [5.41, 5.74) is 3.59. The summed E-state index contributed by atoms with van der Waals surface area (Å²) in [7, 11) is 0. The Morgan fingerprint density at radius 2 is 1.81 bits per heavy atom. The van der Waals surface area contributed by atoms with Crippen LogP contribution in [0.2, 0.25) is 10.0 Å². The summed E-state index contributed by atoms with van der Waals surface area (Å²) in [6.45, 7) is 0.988. The molecule has 7 heteroatoms. The number of carboxylic acids is 1. The zero-order chi connectivity index (χ0) is 18.4. The van der Waals surface area contributed by atoms with Crippen molar-refractivity contribution < 1.29 is 14.7 Å². The fraction of sp³-hybridized carbons (Fsp3) is 0.158. The van der Waals surface area contributed by atoms with Gasteiger partial charge in [-0.05, 0) is 36.4 Å². The highest BCUT2D eigenvalue weighted by Crippen LogP contribution is 2.30. The summed E-state index contributed by atoms with van der Waals surface area (Å²) in [5.74, 6) is -1.10. The summed E-state index contributed by atoms with van der Waals surface area (Å²) in [6, 6.07) is 9.83. The van der Waals surface area contributed by atoms with Gasteiger partial charge in [0.2, 0.25) is 0 Å². The quantitative estimate of drug-likeness (QED) is 0.684. The fourth-order valence-corrected chi connectivity index (χ4v) is 3.63. The number of hydrogen-bond acceptors (Lipinski definition) is 2. The van der Waals surface area contributed by atoms with Gasteiger partial charge < -0.3 is 15.0 Å². The molecule has 26 heavy (non-hydrogen) atoms. The topological polar surface area (TPSA) is 73.4 Å². The summed E-state index contributed by atoms with van der Waals surface area (Å²) in [4.78, 5) is 29.1. The third kappa shape index (κ3) is 2.83. The first kappa shape index (κ1) is 16.9. The number of amides is 1. The van der Waals surface area contributed by atoms with Crippen LogP contribution in [-0.4, -0.2) is 33.4 Å². The Labute approximate surface area is 159 Å². The lowest BCUT2D eigenvalue weighted by Crippen LogP contribution is -2.35. The molecule has 0 fully saturated rings. The normalized spacial score (nSPS) is 13.7. The van der Waals surface area contributed by atoms with Crippen LogP contribution in [0.5, 0.6) is 0 Å². The van der Waals surface area contributed by atoms with Gasteiger partial charge in [-0.25, -0.2) is 4.79 Å². The fourth-order valence-electron chi connectivity index (χ4n) is 3.33. The van der Waals surface area contributed by atoms with Crippen LogP contribution in [0.25, 0.3) is 10.9 Å². The summed E-state index contributed by atoms with van der Waals surface area (Å²) >= 11 is 11.9. The van der Waals surface area contributed by atoms with Crippen molar-refractivity contribution >= 4 is 46.0 Å². The summed E-state index contributed by atoms with van der Waals surface area (Å²) in [5, 5.41) is 10.8. The van der Waals surface area contributed by atoms with E-state index in [4.69, 9.17) is 23.2 Å². The van der Waals surface area contributed by atoms with Crippen molar-refractivity contribution in [2.45, 2.75) is 13.0 Å². The largest absolute Gasteiger partial charge is 0.478 e. The summed E-state index contributed by atoms with van der Waals surface area (Å²) in [6.07, 6.45) is 0.680. The molecule has 0 saturated heterocycles. The minimum Gasteiger partial charge on any atom is -0.478 e. The molecular weight excluding hydrogens is 375 g/mol. The highest BCUT2D eigenvalue weighted by atomic mass is 35.5.